The number of ether oxygens (including phenoxy) is 4. The van der Waals surface area contributed by atoms with Crippen LogP contribution in [0.25, 0.3) is 0 Å². The number of unbranched alkanes of at least 4 members (excludes halogenated alkanes) is 21. The van der Waals surface area contributed by atoms with Gasteiger partial charge in [0.2, 0.25) is 5.91 Å². The smallest absolute Gasteiger partial charge is 0.220 e. The number of amides is 1. The van der Waals surface area contributed by atoms with Crippen LogP contribution in [-0.4, -0.2) is 140 Å². The molecular weight excluding hydrogens is 1000 g/mol. The second-order valence-electron chi connectivity index (χ2n) is 21.5. The van der Waals surface area contributed by atoms with E-state index in [1.54, 1.807) is 6.08 Å². The molecule has 9 N–H and O–H groups in total. The number of rotatable bonds is 48. The maximum absolute atomic E-state index is 13.3. The van der Waals surface area contributed by atoms with Gasteiger partial charge in [-0.25, -0.2) is 0 Å². The Bertz CT molecular complexity index is 1690. The van der Waals surface area contributed by atoms with Crippen molar-refractivity contribution >= 4 is 5.91 Å². The summed E-state index contributed by atoms with van der Waals surface area (Å²) in [6.45, 7) is 2.66. The van der Waals surface area contributed by atoms with Crippen LogP contribution in [0.2, 0.25) is 0 Å². The SMILES string of the molecule is CC/C=C\C/C=C\C/C=C\C/C=C\C/C=C\C/C=C\C/C=C\CCCCCCCCCCCC(=O)NC(COC1OC(CO)C(OC2OC(CO)C(O)C(O)C2O)C(O)C1O)C(O)/C=C/CCCCCCCCCCCCCC. The molecule has 12 unspecified atom stereocenters. The molecule has 2 fully saturated rings. The predicted octanol–water partition coefficient (Wildman–Crippen LogP) is 11.1. The lowest BCUT2D eigenvalue weighted by Gasteiger charge is -2.46. The molecule has 79 heavy (non-hydrogen) atoms. The summed E-state index contributed by atoms with van der Waals surface area (Å²) in [5.41, 5.74) is 0. The minimum absolute atomic E-state index is 0.250. The molecule has 2 saturated heterocycles. The topological polar surface area (TPSA) is 228 Å². The number of carbonyl (C=O) groups excluding carboxylic acids is 1. The minimum Gasteiger partial charge on any atom is -0.394 e. The van der Waals surface area contributed by atoms with E-state index < -0.39 is 86.8 Å². The molecule has 0 radical (unpaired) electrons. The third kappa shape index (κ3) is 34.8. The minimum atomic E-state index is -1.79. The van der Waals surface area contributed by atoms with Crippen LogP contribution < -0.4 is 5.32 Å². The van der Waals surface area contributed by atoms with Gasteiger partial charge >= 0.3 is 0 Å². The number of aliphatic hydroxyl groups excluding tert-OH is 8. The fourth-order valence-electron chi connectivity index (χ4n) is 9.56. The van der Waals surface area contributed by atoms with E-state index in [0.29, 0.717) is 6.42 Å². The molecule has 0 saturated carbocycles. The lowest BCUT2D eigenvalue weighted by atomic mass is 9.97. The molecule has 1 amide bonds. The van der Waals surface area contributed by atoms with E-state index in [2.05, 4.69) is 104 Å². The Morgan fingerprint density at radius 2 is 0.873 bits per heavy atom. The first-order valence-electron chi connectivity index (χ1n) is 31.0. The van der Waals surface area contributed by atoms with Crippen molar-refractivity contribution < 1.29 is 64.6 Å². The molecule has 2 aliphatic heterocycles. The highest BCUT2D eigenvalue weighted by Gasteiger charge is 2.51. The number of nitrogens with one attached hydrogen (secondary N) is 1. The molecule has 0 aromatic rings. The van der Waals surface area contributed by atoms with Crippen LogP contribution in [0.1, 0.15) is 213 Å². The monoisotopic (exact) mass is 1110 g/mol. The number of allylic oxidation sites excluding steroid dienone is 15. The molecule has 14 heteroatoms. The van der Waals surface area contributed by atoms with Gasteiger partial charge in [-0.2, -0.15) is 0 Å². The summed E-state index contributed by atoms with van der Waals surface area (Å²) in [7, 11) is 0. The molecule has 2 rings (SSSR count). The predicted molar refractivity (Wildman–Crippen MR) is 318 cm³/mol. The first-order valence-corrected chi connectivity index (χ1v) is 31.0. The van der Waals surface area contributed by atoms with E-state index in [4.69, 9.17) is 18.9 Å². The van der Waals surface area contributed by atoms with Gasteiger partial charge in [-0.05, 0) is 77.0 Å². The number of hydrogen-bond donors (Lipinski definition) is 9. The zero-order valence-electron chi connectivity index (χ0n) is 48.8. The van der Waals surface area contributed by atoms with Gasteiger partial charge in [0.25, 0.3) is 0 Å². The Kier molecular flexibility index (Phi) is 45.1. The Labute approximate surface area is 477 Å². The molecule has 2 aliphatic rings. The zero-order chi connectivity index (χ0) is 57.4. The number of hydrogen-bond acceptors (Lipinski definition) is 13. The third-order valence-electron chi connectivity index (χ3n) is 14.5. The van der Waals surface area contributed by atoms with E-state index in [-0.39, 0.29) is 18.9 Å². The number of carbonyl (C=O) groups is 1. The molecule has 0 spiro atoms. The Morgan fingerprint density at radius 1 is 0.468 bits per heavy atom. The van der Waals surface area contributed by atoms with Crippen molar-refractivity contribution in [1.29, 1.82) is 0 Å². The van der Waals surface area contributed by atoms with E-state index in [9.17, 15) is 45.6 Å². The highest BCUT2D eigenvalue weighted by atomic mass is 16.7. The molecule has 0 bridgehead atoms. The van der Waals surface area contributed by atoms with Crippen molar-refractivity contribution in [3.63, 3.8) is 0 Å². The Morgan fingerprint density at radius 3 is 1.34 bits per heavy atom. The van der Waals surface area contributed by atoms with Crippen LogP contribution in [0.15, 0.2) is 97.2 Å². The fraction of sp³-hybridized carbons (Fsp3) is 0.738. The Hall–Kier alpha value is -3.09. The first kappa shape index (κ1) is 72.0. The van der Waals surface area contributed by atoms with Gasteiger partial charge in [-0.15, -0.1) is 0 Å². The third-order valence-corrected chi connectivity index (χ3v) is 14.5. The molecule has 0 aromatic heterocycles. The van der Waals surface area contributed by atoms with Crippen molar-refractivity contribution in [3.05, 3.63) is 97.2 Å². The summed E-state index contributed by atoms with van der Waals surface area (Å²) in [5.74, 6) is -0.250. The van der Waals surface area contributed by atoms with Crippen LogP contribution in [0, 0.1) is 0 Å². The normalized spacial score (nSPS) is 25.1. The second-order valence-corrected chi connectivity index (χ2v) is 21.5. The lowest BCUT2D eigenvalue weighted by Crippen LogP contribution is -2.65. The molecule has 2 heterocycles. The summed E-state index contributed by atoms with van der Waals surface area (Å²) in [5, 5.41) is 87.1. The first-order chi connectivity index (χ1) is 38.6. The van der Waals surface area contributed by atoms with Crippen molar-refractivity contribution in [2.24, 2.45) is 0 Å². The lowest BCUT2D eigenvalue weighted by molar-refractivity contribution is -0.359. The Balaban J connectivity index is 1.70. The standard InChI is InChI=1S/C65H111NO13/c1-3-5-7-9-11-13-15-17-19-20-21-22-23-24-25-26-27-28-29-30-31-32-33-34-35-37-39-41-43-45-47-49-57(70)66-53(54(69)48-46-44-42-40-38-36-18-16-14-12-10-8-6-4-2)52-76-64-62(75)60(73)63(56(51-68)78-64)79-65-61(74)59(72)58(71)55(50-67)77-65/h5,7,11,13,17,19,21-22,24-25,27-28,30-31,46,48,53-56,58-65,67-69,71-75H,3-4,6,8-10,12,14-16,18,20,23,26,29,32-45,47,49-52H2,1-2H3,(H,66,70)/b7-5-,13-11-,19-17-,22-21-,25-24-,28-27-,31-30-,48-46+. The molecule has 12 atom stereocenters. The van der Waals surface area contributed by atoms with Gasteiger partial charge in [0.1, 0.15) is 48.8 Å². The second kappa shape index (κ2) is 49.5. The van der Waals surface area contributed by atoms with Gasteiger partial charge in [-0.3, -0.25) is 4.79 Å². The molecule has 14 nitrogen and oxygen atoms in total. The molecule has 0 aliphatic carbocycles. The van der Waals surface area contributed by atoms with Gasteiger partial charge in [0, 0.05) is 6.42 Å². The summed E-state index contributed by atoms with van der Waals surface area (Å²) in [6, 6.07) is -0.924. The number of aliphatic hydroxyl groups is 8. The average molecular weight is 1110 g/mol. The van der Waals surface area contributed by atoms with E-state index in [0.717, 1.165) is 89.9 Å². The highest BCUT2D eigenvalue weighted by molar-refractivity contribution is 5.76. The van der Waals surface area contributed by atoms with Crippen molar-refractivity contribution in [2.75, 3.05) is 19.8 Å². The maximum Gasteiger partial charge on any atom is 0.220 e. The van der Waals surface area contributed by atoms with Crippen molar-refractivity contribution in [1.82, 2.24) is 5.32 Å². The van der Waals surface area contributed by atoms with Gasteiger partial charge in [0.15, 0.2) is 12.6 Å². The largest absolute Gasteiger partial charge is 0.394 e. The average Bonchev–Trinajstić information content (AvgIpc) is 3.55. The van der Waals surface area contributed by atoms with Crippen LogP contribution in [-0.2, 0) is 23.7 Å². The summed E-state index contributed by atoms with van der Waals surface area (Å²) in [6.07, 6.45) is 51.6. The van der Waals surface area contributed by atoms with E-state index >= 15 is 0 Å². The summed E-state index contributed by atoms with van der Waals surface area (Å²) < 4.78 is 22.8. The van der Waals surface area contributed by atoms with Crippen molar-refractivity contribution in [3.8, 4) is 0 Å². The maximum atomic E-state index is 13.3. The van der Waals surface area contributed by atoms with Crippen LogP contribution in [0.5, 0.6) is 0 Å². The van der Waals surface area contributed by atoms with Crippen molar-refractivity contribution in [2.45, 2.75) is 286 Å². The fourth-order valence-corrected chi connectivity index (χ4v) is 9.56. The summed E-state index contributed by atoms with van der Waals surface area (Å²) in [4.78, 5) is 13.3. The van der Waals surface area contributed by atoms with Gasteiger partial charge < -0.3 is 65.1 Å². The van der Waals surface area contributed by atoms with Crippen LogP contribution >= 0.6 is 0 Å². The zero-order valence-corrected chi connectivity index (χ0v) is 48.8. The van der Waals surface area contributed by atoms with E-state index in [1.165, 1.54) is 96.3 Å². The molecule has 0 aromatic carbocycles. The quantitative estimate of drug-likeness (QED) is 0.0204. The molecular formula is C65H111NO13. The summed E-state index contributed by atoms with van der Waals surface area (Å²) >= 11 is 0. The van der Waals surface area contributed by atoms with Crippen LogP contribution in [0.4, 0.5) is 0 Å². The van der Waals surface area contributed by atoms with Gasteiger partial charge in [0.05, 0.1) is 32.0 Å². The highest BCUT2D eigenvalue weighted by Crippen LogP contribution is 2.30. The van der Waals surface area contributed by atoms with Crippen LogP contribution in [0.3, 0.4) is 0 Å². The van der Waals surface area contributed by atoms with Gasteiger partial charge in [-0.1, -0.05) is 227 Å². The molecule has 454 valence electrons. The van der Waals surface area contributed by atoms with E-state index in [1.807, 2.05) is 6.08 Å².